The number of carbonyl (C=O) groups is 3. The first-order valence-corrected chi connectivity index (χ1v) is 14.1. The Morgan fingerprint density at radius 2 is 1.85 bits per heavy atom. The van der Waals surface area contributed by atoms with Crippen LogP contribution in [0.15, 0.2) is 28.8 Å². The maximum absolute atomic E-state index is 12.9. The minimum absolute atomic E-state index is 0.00844. The van der Waals surface area contributed by atoms with E-state index in [-0.39, 0.29) is 52.2 Å². The third-order valence-electron chi connectivity index (χ3n) is 7.72. The molecular formula is C30H36ClN5O5. The van der Waals surface area contributed by atoms with E-state index in [1.807, 2.05) is 19.9 Å². The highest BCUT2D eigenvalue weighted by Gasteiger charge is 2.66. The Morgan fingerprint density at radius 1 is 1.17 bits per heavy atom. The summed E-state index contributed by atoms with van der Waals surface area (Å²) in [4.78, 5) is 38.0. The molecule has 1 aromatic carbocycles. The van der Waals surface area contributed by atoms with E-state index in [9.17, 15) is 14.4 Å². The van der Waals surface area contributed by atoms with Gasteiger partial charge in [0.15, 0.2) is 0 Å². The summed E-state index contributed by atoms with van der Waals surface area (Å²) in [5.41, 5.74) is 7.95. The van der Waals surface area contributed by atoms with E-state index in [0.29, 0.717) is 22.3 Å². The van der Waals surface area contributed by atoms with Gasteiger partial charge >= 0.3 is 6.09 Å². The van der Waals surface area contributed by atoms with Crippen LogP contribution in [-0.2, 0) is 27.8 Å². The topological polar surface area (TPSA) is 142 Å². The summed E-state index contributed by atoms with van der Waals surface area (Å²) in [5, 5.41) is 11.7. The van der Waals surface area contributed by atoms with Crippen LogP contribution >= 0.6 is 11.6 Å². The Bertz CT molecular complexity index is 1530. The van der Waals surface area contributed by atoms with Crippen LogP contribution in [0.5, 0.6) is 0 Å². The summed E-state index contributed by atoms with van der Waals surface area (Å²) in [5.74, 6) is -0.135. The molecule has 0 unspecified atom stereocenters. The predicted octanol–water partition coefficient (Wildman–Crippen LogP) is 6.01. The lowest BCUT2D eigenvalue weighted by atomic mass is 9.35. The maximum atomic E-state index is 12.9. The maximum Gasteiger partial charge on any atom is 0.413 e. The molecule has 2 heterocycles. The number of ketones is 1. The molecule has 2 bridgehead atoms. The lowest BCUT2D eigenvalue weighted by Gasteiger charge is -2.68. The summed E-state index contributed by atoms with van der Waals surface area (Å²) in [6.07, 6.45) is 2.95. The molecule has 218 valence electrons. The number of ether oxygens (including phenoxy) is 1. The molecule has 3 fully saturated rings. The second kappa shape index (κ2) is 10.0. The smallest absolute Gasteiger partial charge is 0.413 e. The number of nitrogens with two attached hydrogens (primary N) is 1. The zero-order valence-corrected chi connectivity index (χ0v) is 25.0. The van der Waals surface area contributed by atoms with Crippen molar-refractivity contribution in [3.8, 4) is 11.3 Å². The van der Waals surface area contributed by atoms with Crippen LogP contribution in [0, 0.1) is 5.41 Å². The second-order valence-corrected chi connectivity index (χ2v) is 13.5. The molecule has 41 heavy (non-hydrogen) atoms. The molecule has 2 amide bonds. The summed E-state index contributed by atoms with van der Waals surface area (Å²) in [7, 11) is 0. The van der Waals surface area contributed by atoms with E-state index in [2.05, 4.69) is 22.5 Å². The number of Topliss-reactive ketones (excluding diaryl/α,β-unsaturated/α-hetero) is 1. The first-order valence-electron chi connectivity index (χ1n) is 13.8. The van der Waals surface area contributed by atoms with E-state index in [4.69, 9.17) is 26.6 Å². The largest absolute Gasteiger partial charge is 0.444 e. The normalized spacial score (nSPS) is 21.3. The molecule has 0 atom stereocenters. The van der Waals surface area contributed by atoms with Crippen molar-refractivity contribution in [3.63, 3.8) is 0 Å². The van der Waals surface area contributed by atoms with E-state index in [1.54, 1.807) is 39.0 Å². The lowest BCUT2D eigenvalue weighted by molar-refractivity contribution is -0.129. The molecule has 3 aromatic rings. The highest BCUT2D eigenvalue weighted by molar-refractivity contribution is 6.33. The van der Waals surface area contributed by atoms with Gasteiger partial charge in [0, 0.05) is 29.5 Å². The van der Waals surface area contributed by atoms with Gasteiger partial charge in [-0.3, -0.25) is 14.9 Å². The zero-order valence-electron chi connectivity index (χ0n) is 24.3. The number of anilines is 1. The van der Waals surface area contributed by atoms with Crippen molar-refractivity contribution >= 4 is 35.2 Å². The van der Waals surface area contributed by atoms with Crippen molar-refractivity contribution in [2.24, 2.45) is 11.1 Å². The standard InChI is InChI=1S/C30H36ClN5O5/c1-16(2)36-26(33-27(39)40-28(3,4)5)23(25(32)38)24(34-36)20-8-7-17(10-21(20)31)9-18(37)11-19-12-22(35-41-19)30-13-29(6,14-30)15-30/h7-8,10,12,16H,9,11,13-15H2,1-6H3,(H2,32,38)(H,33,39). The summed E-state index contributed by atoms with van der Waals surface area (Å²) < 4.78 is 12.3. The molecule has 0 radical (unpaired) electrons. The van der Waals surface area contributed by atoms with E-state index >= 15 is 0 Å². The quantitative estimate of drug-likeness (QED) is 0.315. The summed E-state index contributed by atoms with van der Waals surface area (Å²) in [6.45, 7) is 11.2. The van der Waals surface area contributed by atoms with Crippen LogP contribution in [0.25, 0.3) is 11.3 Å². The Labute approximate surface area is 243 Å². The number of aromatic nitrogens is 3. The Hall–Kier alpha value is -3.66. The fraction of sp³-hybridized carbons (Fsp3) is 0.500. The number of benzene rings is 1. The molecule has 3 saturated carbocycles. The molecule has 6 rings (SSSR count). The first kappa shape index (κ1) is 28.9. The lowest BCUT2D eigenvalue weighted by Crippen LogP contribution is -2.63. The number of amides is 2. The van der Waals surface area contributed by atoms with Gasteiger partial charge in [-0.2, -0.15) is 5.10 Å². The molecule has 2 aromatic heterocycles. The van der Waals surface area contributed by atoms with Gasteiger partial charge in [0.2, 0.25) is 0 Å². The van der Waals surface area contributed by atoms with Crippen LogP contribution in [-0.4, -0.2) is 38.3 Å². The van der Waals surface area contributed by atoms with Gasteiger partial charge in [0.05, 0.1) is 17.1 Å². The Morgan fingerprint density at radius 3 is 2.41 bits per heavy atom. The fourth-order valence-corrected chi connectivity index (χ4v) is 6.60. The van der Waals surface area contributed by atoms with Gasteiger partial charge in [0.25, 0.3) is 5.91 Å². The number of rotatable bonds is 9. The second-order valence-electron chi connectivity index (χ2n) is 13.1. The molecule has 10 nitrogen and oxygen atoms in total. The van der Waals surface area contributed by atoms with E-state index in [0.717, 1.165) is 25.0 Å². The zero-order chi connectivity index (χ0) is 29.9. The number of hydrogen-bond donors (Lipinski definition) is 2. The molecular weight excluding hydrogens is 546 g/mol. The molecule has 0 aliphatic heterocycles. The van der Waals surface area contributed by atoms with Crippen molar-refractivity contribution in [1.29, 1.82) is 0 Å². The van der Waals surface area contributed by atoms with Gasteiger partial charge in [-0.25, -0.2) is 9.48 Å². The number of nitrogens with zero attached hydrogens (tertiary/aromatic N) is 3. The molecule has 0 spiro atoms. The monoisotopic (exact) mass is 581 g/mol. The van der Waals surface area contributed by atoms with Gasteiger partial charge < -0.3 is 15.0 Å². The minimum Gasteiger partial charge on any atom is -0.444 e. The van der Waals surface area contributed by atoms with Gasteiger partial charge in [-0.1, -0.05) is 35.8 Å². The van der Waals surface area contributed by atoms with E-state index in [1.165, 1.54) is 4.68 Å². The van der Waals surface area contributed by atoms with Crippen LogP contribution in [0.4, 0.5) is 10.6 Å². The Kier molecular flexibility index (Phi) is 7.04. The van der Waals surface area contributed by atoms with Crippen molar-refractivity contribution < 1.29 is 23.6 Å². The van der Waals surface area contributed by atoms with Crippen LogP contribution in [0.2, 0.25) is 5.02 Å². The summed E-state index contributed by atoms with van der Waals surface area (Å²) >= 11 is 6.66. The number of nitrogens with one attached hydrogen (secondary N) is 1. The van der Waals surface area contributed by atoms with Crippen LogP contribution in [0.1, 0.15) is 94.2 Å². The van der Waals surface area contributed by atoms with Crippen molar-refractivity contribution in [2.45, 2.75) is 90.7 Å². The number of hydrogen-bond acceptors (Lipinski definition) is 7. The highest BCUT2D eigenvalue weighted by Crippen LogP contribution is 2.73. The predicted molar refractivity (Wildman–Crippen MR) is 154 cm³/mol. The molecule has 3 aliphatic rings. The minimum atomic E-state index is -0.785. The van der Waals surface area contributed by atoms with Gasteiger partial charge in [0.1, 0.15) is 34.2 Å². The number of primary amides is 1. The molecule has 0 saturated heterocycles. The van der Waals surface area contributed by atoms with Crippen LogP contribution in [0.3, 0.4) is 0 Å². The molecule has 3 aliphatic carbocycles. The van der Waals surface area contributed by atoms with Crippen molar-refractivity contribution in [3.05, 3.63) is 51.9 Å². The molecule has 11 heteroatoms. The molecule has 3 N–H and O–H groups in total. The average molecular weight is 582 g/mol. The van der Waals surface area contributed by atoms with E-state index < -0.39 is 17.6 Å². The van der Waals surface area contributed by atoms with Crippen LogP contribution < -0.4 is 11.1 Å². The first-order chi connectivity index (χ1) is 19.1. The Balaban J connectivity index is 1.34. The summed E-state index contributed by atoms with van der Waals surface area (Å²) in [6, 6.07) is 6.82. The van der Waals surface area contributed by atoms with Gasteiger partial charge in [-0.15, -0.1) is 0 Å². The third-order valence-corrected chi connectivity index (χ3v) is 8.04. The van der Waals surface area contributed by atoms with Gasteiger partial charge in [-0.05, 0) is 70.9 Å². The van der Waals surface area contributed by atoms with Crippen molar-refractivity contribution in [1.82, 2.24) is 14.9 Å². The number of carbonyl (C=O) groups excluding carboxylic acids is 3. The fourth-order valence-electron chi connectivity index (χ4n) is 6.31. The SMILES string of the molecule is CC(C)n1nc(-c2ccc(CC(=O)Cc3cc(C45CC(C)(C4)C5)no3)cc2Cl)c(C(N)=O)c1NC(=O)OC(C)(C)C. The third kappa shape index (κ3) is 5.62. The van der Waals surface area contributed by atoms with Crippen molar-refractivity contribution in [2.75, 3.05) is 5.32 Å². The number of halogens is 1. The highest BCUT2D eigenvalue weighted by atomic mass is 35.5. The average Bonchev–Trinajstić information content (AvgIpc) is 3.40.